The van der Waals surface area contributed by atoms with Crippen LogP contribution in [0.1, 0.15) is 50.3 Å². The summed E-state index contributed by atoms with van der Waals surface area (Å²) < 4.78 is 10.6. The fraction of sp³-hybridized carbons (Fsp3) is 0.393. The van der Waals surface area contributed by atoms with Gasteiger partial charge in [-0.1, -0.05) is 24.4 Å². The number of amides is 2. The largest absolute Gasteiger partial charge is 0.497 e. The van der Waals surface area contributed by atoms with Crippen molar-refractivity contribution >= 4 is 45.8 Å². The Bertz CT molecular complexity index is 1270. The van der Waals surface area contributed by atoms with Crippen molar-refractivity contribution < 1.29 is 23.9 Å². The van der Waals surface area contributed by atoms with E-state index in [0.717, 1.165) is 35.0 Å². The zero-order chi connectivity index (χ0) is 26.9. The molecule has 0 saturated heterocycles. The standard InChI is InChI=1S/C28H34ClN3O5/c1-17(33)8-6-5-7-9-25(28(35)31-19-10-12-23(29)26(14-19)37-4)32-27(34)16-21-18(2)30-24-13-11-20(36-3)15-22(21)24/h10-15,25,30H,5-9,16H2,1-4H3,(H,31,35)(H,32,34). The van der Waals surface area contributed by atoms with Crippen LogP contribution in [-0.2, 0) is 20.8 Å². The van der Waals surface area contributed by atoms with E-state index >= 15 is 0 Å². The summed E-state index contributed by atoms with van der Waals surface area (Å²) in [6.07, 6.45) is 3.30. The number of unbranched alkanes of at least 4 members (excludes halogenated alkanes) is 2. The van der Waals surface area contributed by atoms with Crippen LogP contribution >= 0.6 is 11.6 Å². The number of fused-ring (bicyclic) bond motifs is 1. The number of aromatic nitrogens is 1. The number of Topliss-reactive ketones (excluding diaryl/α,β-unsaturated/α-hetero) is 1. The topological polar surface area (TPSA) is 110 Å². The van der Waals surface area contributed by atoms with Gasteiger partial charge in [0.05, 0.1) is 25.7 Å². The molecule has 0 fully saturated rings. The lowest BCUT2D eigenvalue weighted by Gasteiger charge is -2.19. The molecule has 37 heavy (non-hydrogen) atoms. The lowest BCUT2D eigenvalue weighted by molar-refractivity contribution is -0.126. The maximum Gasteiger partial charge on any atom is 0.246 e. The molecule has 0 radical (unpaired) electrons. The van der Waals surface area contributed by atoms with Crippen molar-refractivity contribution in [1.82, 2.24) is 10.3 Å². The number of H-pyrrole nitrogens is 1. The Balaban J connectivity index is 1.73. The Morgan fingerprint density at radius 2 is 1.81 bits per heavy atom. The lowest BCUT2D eigenvalue weighted by atomic mass is 10.0. The van der Waals surface area contributed by atoms with E-state index in [1.54, 1.807) is 32.2 Å². The zero-order valence-electron chi connectivity index (χ0n) is 21.7. The van der Waals surface area contributed by atoms with Crippen LogP contribution < -0.4 is 20.1 Å². The van der Waals surface area contributed by atoms with E-state index in [4.69, 9.17) is 21.1 Å². The summed E-state index contributed by atoms with van der Waals surface area (Å²) in [5.41, 5.74) is 3.17. The van der Waals surface area contributed by atoms with Crippen LogP contribution in [0.15, 0.2) is 36.4 Å². The average Bonchev–Trinajstić information content (AvgIpc) is 3.17. The van der Waals surface area contributed by atoms with Gasteiger partial charge in [-0.15, -0.1) is 0 Å². The molecule has 0 saturated carbocycles. The van der Waals surface area contributed by atoms with Gasteiger partial charge in [-0.3, -0.25) is 9.59 Å². The molecule has 1 atom stereocenters. The van der Waals surface area contributed by atoms with E-state index in [9.17, 15) is 14.4 Å². The van der Waals surface area contributed by atoms with Crippen molar-refractivity contribution in [3.8, 4) is 11.5 Å². The minimum Gasteiger partial charge on any atom is -0.497 e. The maximum atomic E-state index is 13.2. The minimum absolute atomic E-state index is 0.113. The third kappa shape index (κ3) is 7.73. The van der Waals surface area contributed by atoms with Gasteiger partial charge in [0.15, 0.2) is 0 Å². The van der Waals surface area contributed by atoms with Crippen LogP contribution in [0.4, 0.5) is 5.69 Å². The van der Waals surface area contributed by atoms with Crippen LogP contribution in [0.25, 0.3) is 10.9 Å². The van der Waals surface area contributed by atoms with Gasteiger partial charge in [0.2, 0.25) is 11.8 Å². The predicted octanol–water partition coefficient (Wildman–Crippen LogP) is 5.35. The van der Waals surface area contributed by atoms with Crippen molar-refractivity contribution in [3.63, 3.8) is 0 Å². The van der Waals surface area contributed by atoms with Crippen molar-refractivity contribution in [1.29, 1.82) is 0 Å². The second-order valence-corrected chi connectivity index (χ2v) is 9.48. The molecule has 0 aliphatic carbocycles. The smallest absolute Gasteiger partial charge is 0.246 e. The lowest BCUT2D eigenvalue weighted by Crippen LogP contribution is -2.44. The fourth-order valence-electron chi connectivity index (χ4n) is 4.26. The number of hydrogen-bond acceptors (Lipinski definition) is 5. The zero-order valence-corrected chi connectivity index (χ0v) is 22.5. The first-order chi connectivity index (χ1) is 17.7. The quantitative estimate of drug-likeness (QED) is 0.259. The Kier molecular flexibility index (Phi) is 9.97. The Hall–Kier alpha value is -3.52. The van der Waals surface area contributed by atoms with Crippen molar-refractivity contribution in [2.75, 3.05) is 19.5 Å². The highest BCUT2D eigenvalue weighted by Gasteiger charge is 2.22. The summed E-state index contributed by atoms with van der Waals surface area (Å²) in [6.45, 7) is 3.49. The number of halogens is 1. The number of methoxy groups -OCH3 is 2. The molecule has 0 aliphatic rings. The second-order valence-electron chi connectivity index (χ2n) is 9.08. The van der Waals surface area contributed by atoms with Crippen LogP contribution in [0.2, 0.25) is 5.02 Å². The number of hydrogen-bond donors (Lipinski definition) is 3. The number of rotatable bonds is 13. The second kappa shape index (κ2) is 13.1. The SMILES string of the molecule is COc1ccc2[nH]c(C)c(CC(=O)NC(CCCCCC(C)=O)C(=O)Nc3ccc(Cl)c(OC)c3)c2c1. The Morgan fingerprint density at radius 3 is 2.51 bits per heavy atom. The van der Waals surface area contributed by atoms with Gasteiger partial charge in [-0.2, -0.15) is 0 Å². The van der Waals surface area contributed by atoms with Gasteiger partial charge in [-0.25, -0.2) is 0 Å². The number of aryl methyl sites for hydroxylation is 1. The molecule has 1 heterocycles. The van der Waals surface area contributed by atoms with Crippen LogP contribution in [0.5, 0.6) is 11.5 Å². The molecular formula is C28H34ClN3O5. The van der Waals surface area contributed by atoms with E-state index < -0.39 is 6.04 Å². The van der Waals surface area contributed by atoms with Gasteiger partial charge in [0.1, 0.15) is 23.3 Å². The number of aromatic amines is 1. The molecule has 3 rings (SSSR count). The third-order valence-corrected chi connectivity index (χ3v) is 6.57. The van der Waals surface area contributed by atoms with Crippen molar-refractivity contribution in [2.45, 2.75) is 58.4 Å². The number of ether oxygens (including phenoxy) is 2. The fourth-order valence-corrected chi connectivity index (χ4v) is 4.45. The molecule has 198 valence electrons. The molecule has 2 aromatic carbocycles. The van der Waals surface area contributed by atoms with E-state index in [1.165, 1.54) is 7.11 Å². The summed E-state index contributed by atoms with van der Waals surface area (Å²) in [6, 6.07) is 9.88. The van der Waals surface area contributed by atoms with Gasteiger partial charge in [-0.05, 0) is 62.6 Å². The number of carbonyl (C=O) groups is 3. The molecule has 0 spiro atoms. The number of carbonyl (C=O) groups excluding carboxylic acids is 3. The highest BCUT2D eigenvalue weighted by Crippen LogP contribution is 2.28. The van der Waals surface area contributed by atoms with Gasteiger partial charge in [0, 0.05) is 34.8 Å². The molecule has 3 aromatic rings. The highest BCUT2D eigenvalue weighted by atomic mass is 35.5. The number of benzene rings is 2. The summed E-state index contributed by atoms with van der Waals surface area (Å²) in [5.74, 6) is 0.694. The van der Waals surface area contributed by atoms with E-state index in [1.807, 2.05) is 25.1 Å². The first kappa shape index (κ1) is 28.1. The van der Waals surface area contributed by atoms with E-state index in [-0.39, 0.29) is 24.0 Å². The minimum atomic E-state index is -0.744. The van der Waals surface area contributed by atoms with Crippen LogP contribution in [-0.4, -0.2) is 42.8 Å². The molecule has 1 unspecified atom stereocenters. The van der Waals surface area contributed by atoms with Crippen LogP contribution in [0.3, 0.4) is 0 Å². The summed E-state index contributed by atoms with van der Waals surface area (Å²) in [5, 5.41) is 7.11. The van der Waals surface area contributed by atoms with Gasteiger partial charge in [0.25, 0.3) is 0 Å². The normalized spacial score (nSPS) is 11.7. The molecule has 1 aromatic heterocycles. The predicted molar refractivity (Wildman–Crippen MR) is 146 cm³/mol. The highest BCUT2D eigenvalue weighted by molar-refractivity contribution is 6.32. The van der Waals surface area contributed by atoms with E-state index in [0.29, 0.717) is 41.5 Å². The number of anilines is 1. The number of ketones is 1. The first-order valence-electron chi connectivity index (χ1n) is 12.3. The molecule has 9 heteroatoms. The molecule has 0 aliphatic heterocycles. The van der Waals surface area contributed by atoms with E-state index in [2.05, 4.69) is 15.6 Å². The Morgan fingerprint density at radius 1 is 1.03 bits per heavy atom. The molecule has 0 bridgehead atoms. The summed E-state index contributed by atoms with van der Waals surface area (Å²) in [4.78, 5) is 40.9. The van der Waals surface area contributed by atoms with Gasteiger partial charge < -0.3 is 29.9 Å². The summed E-state index contributed by atoms with van der Waals surface area (Å²) in [7, 11) is 3.10. The molecule has 2 amide bonds. The molecular weight excluding hydrogens is 494 g/mol. The molecule has 3 N–H and O–H groups in total. The van der Waals surface area contributed by atoms with Crippen molar-refractivity contribution in [2.24, 2.45) is 0 Å². The van der Waals surface area contributed by atoms with Gasteiger partial charge >= 0.3 is 0 Å². The maximum absolute atomic E-state index is 13.2. The molecule has 8 nitrogen and oxygen atoms in total. The van der Waals surface area contributed by atoms with Crippen LogP contribution in [0, 0.1) is 6.92 Å². The third-order valence-electron chi connectivity index (χ3n) is 6.26. The average molecular weight is 528 g/mol. The summed E-state index contributed by atoms with van der Waals surface area (Å²) >= 11 is 6.10. The first-order valence-corrected chi connectivity index (χ1v) is 12.7. The number of nitrogens with one attached hydrogen (secondary N) is 3. The van der Waals surface area contributed by atoms with Crippen molar-refractivity contribution in [3.05, 3.63) is 52.7 Å². The monoisotopic (exact) mass is 527 g/mol. The Labute approximate surface area is 222 Å².